The minimum atomic E-state index is -3.62. The quantitative estimate of drug-likeness (QED) is 0.349. The summed E-state index contributed by atoms with van der Waals surface area (Å²) in [6, 6.07) is 21.7. The van der Waals surface area contributed by atoms with Gasteiger partial charge in [0.15, 0.2) is 0 Å². The normalized spacial score (nSPS) is 16.6. The Morgan fingerprint density at radius 2 is 1.72 bits per heavy atom. The Morgan fingerprint density at radius 1 is 1.03 bits per heavy atom. The van der Waals surface area contributed by atoms with Crippen molar-refractivity contribution in [2.45, 2.75) is 12.6 Å². The van der Waals surface area contributed by atoms with Gasteiger partial charge in [0, 0.05) is 24.2 Å². The second-order valence-corrected chi connectivity index (χ2v) is 11.4. The van der Waals surface area contributed by atoms with Crippen LogP contribution in [0, 0.1) is 0 Å². The largest absolute Gasteiger partial charge is 0.497 e. The van der Waals surface area contributed by atoms with Crippen LogP contribution in [0.25, 0.3) is 16.9 Å². The van der Waals surface area contributed by atoms with E-state index in [9.17, 15) is 8.42 Å². The first-order valence-corrected chi connectivity index (χ1v) is 13.6. The van der Waals surface area contributed by atoms with Crippen LogP contribution >= 0.6 is 23.2 Å². The molecule has 0 bridgehead atoms. The molecule has 1 atom stereocenters. The average molecular weight is 543 g/mol. The average Bonchev–Trinajstić information content (AvgIpc) is 3.27. The molecule has 1 unspecified atom stereocenters. The molecule has 4 aromatic rings. The lowest BCUT2D eigenvalue weighted by Gasteiger charge is -2.30. The van der Waals surface area contributed by atoms with Crippen LogP contribution in [0.5, 0.6) is 5.75 Å². The van der Waals surface area contributed by atoms with Crippen LogP contribution in [0.1, 0.15) is 17.3 Å². The van der Waals surface area contributed by atoms with Crippen molar-refractivity contribution in [3.63, 3.8) is 0 Å². The van der Waals surface area contributed by atoms with E-state index < -0.39 is 16.1 Å². The van der Waals surface area contributed by atoms with Gasteiger partial charge in [0.25, 0.3) is 0 Å². The molecule has 1 aliphatic heterocycles. The zero-order valence-electron chi connectivity index (χ0n) is 19.7. The second kappa shape index (κ2) is 9.78. The zero-order valence-corrected chi connectivity index (χ0v) is 22.0. The fraction of sp³-hybridized carbons (Fsp3) is 0.192. The molecule has 3 aromatic carbocycles. The van der Waals surface area contributed by atoms with Crippen molar-refractivity contribution in [3.8, 4) is 22.7 Å². The number of anilines is 1. The van der Waals surface area contributed by atoms with Crippen LogP contribution in [0.15, 0.2) is 72.8 Å². The Balaban J connectivity index is 1.65. The van der Waals surface area contributed by atoms with Crippen LogP contribution in [0.2, 0.25) is 10.0 Å². The third-order valence-electron chi connectivity index (χ3n) is 6.24. The number of sulfonamides is 1. The van der Waals surface area contributed by atoms with Gasteiger partial charge in [-0.1, -0.05) is 59.6 Å². The number of nitrogens with zero attached hydrogens (tertiary/aromatic N) is 3. The molecule has 0 saturated heterocycles. The summed E-state index contributed by atoms with van der Waals surface area (Å²) in [6.45, 7) is 0.461. The predicted molar refractivity (Wildman–Crippen MR) is 144 cm³/mol. The van der Waals surface area contributed by atoms with Gasteiger partial charge in [-0.3, -0.25) is 4.31 Å². The summed E-state index contributed by atoms with van der Waals surface area (Å²) in [5.41, 5.74) is 4.18. The van der Waals surface area contributed by atoms with E-state index in [0.717, 1.165) is 16.9 Å². The van der Waals surface area contributed by atoms with Crippen molar-refractivity contribution in [2.24, 2.45) is 0 Å². The van der Waals surface area contributed by atoms with E-state index >= 15 is 0 Å². The molecule has 0 amide bonds. The van der Waals surface area contributed by atoms with Crippen molar-refractivity contribution < 1.29 is 13.2 Å². The number of benzene rings is 3. The molecule has 2 heterocycles. The Labute approximate surface area is 220 Å². The zero-order chi connectivity index (χ0) is 25.4. The van der Waals surface area contributed by atoms with Gasteiger partial charge >= 0.3 is 0 Å². The van der Waals surface area contributed by atoms with Gasteiger partial charge in [-0.05, 0) is 42.0 Å². The van der Waals surface area contributed by atoms with E-state index in [1.807, 2.05) is 54.6 Å². The van der Waals surface area contributed by atoms with Crippen molar-refractivity contribution in [1.29, 1.82) is 0 Å². The number of ether oxygens (including phenoxy) is 1. The Morgan fingerprint density at radius 3 is 2.39 bits per heavy atom. The lowest BCUT2D eigenvalue weighted by molar-refractivity contribution is 0.414. The van der Waals surface area contributed by atoms with Crippen molar-refractivity contribution in [3.05, 3.63) is 94.1 Å². The molecule has 0 fully saturated rings. The topological polar surface area (TPSA) is 76.5 Å². The summed E-state index contributed by atoms with van der Waals surface area (Å²) in [5, 5.41) is 9.41. The fourth-order valence-corrected chi connectivity index (χ4v) is 6.04. The van der Waals surface area contributed by atoms with E-state index in [0.29, 0.717) is 39.4 Å². The Hall–Kier alpha value is -3.04. The first-order chi connectivity index (χ1) is 17.3. The molecular weight excluding hydrogens is 519 g/mol. The molecule has 36 heavy (non-hydrogen) atoms. The molecule has 1 aliphatic rings. The first-order valence-electron chi connectivity index (χ1n) is 11.2. The maximum Gasteiger partial charge on any atom is 0.236 e. The maximum absolute atomic E-state index is 13.3. The second-order valence-electron chi connectivity index (χ2n) is 8.48. The maximum atomic E-state index is 13.3. The third kappa shape index (κ3) is 4.57. The highest BCUT2D eigenvalue weighted by atomic mass is 35.5. The van der Waals surface area contributed by atoms with E-state index in [4.69, 9.17) is 33.0 Å². The number of hydrogen-bond acceptors (Lipinski definition) is 5. The molecule has 0 radical (unpaired) electrons. The van der Waals surface area contributed by atoms with Crippen molar-refractivity contribution in [1.82, 2.24) is 15.1 Å². The number of hydrogen-bond donors (Lipinski definition) is 1. The smallest absolute Gasteiger partial charge is 0.236 e. The summed E-state index contributed by atoms with van der Waals surface area (Å²) >= 11 is 12.7. The number of halogens is 2. The molecule has 0 spiro atoms. The highest BCUT2D eigenvalue weighted by Gasteiger charge is 2.40. The first kappa shape index (κ1) is 24.6. The van der Waals surface area contributed by atoms with Gasteiger partial charge in [0.1, 0.15) is 17.1 Å². The van der Waals surface area contributed by atoms with E-state index in [-0.39, 0.29) is 5.75 Å². The number of rotatable bonds is 6. The fourth-order valence-electron chi connectivity index (χ4n) is 4.32. The highest BCUT2D eigenvalue weighted by Crippen LogP contribution is 2.43. The Kier molecular flexibility index (Phi) is 6.70. The minimum Gasteiger partial charge on any atom is -0.497 e. The van der Waals surface area contributed by atoms with Gasteiger partial charge in [-0.15, -0.1) is 0 Å². The number of methoxy groups -OCH3 is 1. The Bertz CT molecular complexity index is 1500. The van der Waals surface area contributed by atoms with E-state index in [1.165, 1.54) is 4.31 Å². The summed E-state index contributed by atoms with van der Waals surface area (Å²) in [7, 11) is -0.440. The molecular formula is C26H24Cl2N4O3S. The van der Waals surface area contributed by atoms with Gasteiger partial charge < -0.3 is 10.1 Å². The van der Waals surface area contributed by atoms with Crippen LogP contribution < -0.4 is 14.4 Å². The van der Waals surface area contributed by atoms with E-state index in [1.54, 1.807) is 37.0 Å². The molecule has 1 aromatic heterocycles. The molecule has 10 heteroatoms. The van der Waals surface area contributed by atoms with Crippen molar-refractivity contribution >= 4 is 38.9 Å². The van der Waals surface area contributed by atoms with Gasteiger partial charge in [0.2, 0.25) is 10.0 Å². The lowest BCUT2D eigenvalue weighted by atomic mass is 10.1. The highest BCUT2D eigenvalue weighted by molar-refractivity contribution is 7.92. The molecule has 0 aliphatic carbocycles. The third-order valence-corrected chi connectivity index (χ3v) is 8.58. The van der Waals surface area contributed by atoms with Gasteiger partial charge in [-0.25, -0.2) is 13.1 Å². The lowest BCUT2D eigenvalue weighted by Crippen LogP contribution is -2.41. The number of para-hydroxylation sites is 1. The van der Waals surface area contributed by atoms with Crippen LogP contribution in [0.4, 0.5) is 5.69 Å². The van der Waals surface area contributed by atoms with Crippen LogP contribution in [-0.2, 0) is 16.6 Å². The molecule has 1 N–H and O–H groups in total. The van der Waals surface area contributed by atoms with Crippen LogP contribution in [0.3, 0.4) is 0 Å². The summed E-state index contributed by atoms with van der Waals surface area (Å²) in [4.78, 5) is 0. The molecule has 186 valence electrons. The number of fused-ring (bicyclic) bond motifs is 1. The molecule has 0 saturated carbocycles. The molecule has 5 rings (SSSR count). The van der Waals surface area contributed by atoms with Gasteiger partial charge in [0.05, 0.1) is 35.3 Å². The molecule has 7 nitrogen and oxygen atoms in total. The predicted octanol–water partition coefficient (Wildman–Crippen LogP) is 5.47. The van der Waals surface area contributed by atoms with Crippen molar-refractivity contribution in [2.75, 3.05) is 24.2 Å². The number of aromatic nitrogens is 2. The van der Waals surface area contributed by atoms with Crippen LogP contribution in [-0.4, -0.2) is 38.1 Å². The standard InChI is InChI=1S/C26H24Cl2N4O3S/c1-31-26-24(22(16-36(31,33)34)29-15-17-7-13-20(35-2)14-8-17)30-32(23-6-4-3-5-21(23)28)25(26)18-9-11-19(27)12-10-18/h3-14,22,29H,15-16H2,1-2H3. The van der Waals surface area contributed by atoms with Gasteiger partial charge in [-0.2, -0.15) is 5.10 Å². The summed E-state index contributed by atoms with van der Waals surface area (Å²) < 4.78 is 34.8. The summed E-state index contributed by atoms with van der Waals surface area (Å²) in [5.74, 6) is 0.640. The monoisotopic (exact) mass is 542 g/mol. The minimum absolute atomic E-state index is 0.119. The number of nitrogens with one attached hydrogen (secondary N) is 1. The summed E-state index contributed by atoms with van der Waals surface area (Å²) in [6.07, 6.45) is 0. The van der Waals surface area contributed by atoms with E-state index in [2.05, 4.69) is 5.32 Å². The SMILES string of the molecule is COc1ccc(CNC2CS(=O)(=O)N(C)c3c2nn(-c2ccccc2Cl)c3-c2ccc(Cl)cc2)cc1.